The van der Waals surface area contributed by atoms with Gasteiger partial charge in [-0.15, -0.1) is 0 Å². The Hall–Kier alpha value is -3.36. The van der Waals surface area contributed by atoms with E-state index in [0.717, 1.165) is 31.2 Å². The number of carbonyl (C=O) groups excluding carboxylic acids is 3. The molecule has 9 nitrogen and oxygen atoms in total. The highest BCUT2D eigenvalue weighted by Gasteiger charge is 2.49. The number of nitrogens with zero attached hydrogens (tertiary/aromatic N) is 3. The van der Waals surface area contributed by atoms with Gasteiger partial charge >= 0.3 is 5.97 Å². The zero-order valence-electron chi connectivity index (χ0n) is 18.6. The fourth-order valence-corrected chi connectivity index (χ4v) is 4.55. The minimum atomic E-state index is -1.16. The van der Waals surface area contributed by atoms with Crippen LogP contribution in [0, 0.1) is 0 Å². The van der Waals surface area contributed by atoms with E-state index < -0.39 is 17.4 Å². The smallest absolute Gasteiger partial charge is 0.359 e. The maximum absolute atomic E-state index is 13.7. The largest absolute Gasteiger partial charge is 0.497 e. The summed E-state index contributed by atoms with van der Waals surface area (Å²) in [5, 5.41) is 3.14. The molecule has 1 atom stereocenters. The van der Waals surface area contributed by atoms with Crippen LogP contribution in [0.5, 0.6) is 5.75 Å². The number of nitrogens with one attached hydrogen (secondary N) is 1. The van der Waals surface area contributed by atoms with E-state index in [1.807, 2.05) is 24.3 Å². The Morgan fingerprint density at radius 1 is 1.25 bits per heavy atom. The molecule has 9 heteroatoms. The van der Waals surface area contributed by atoms with E-state index in [4.69, 9.17) is 9.47 Å². The van der Waals surface area contributed by atoms with Crippen molar-refractivity contribution in [2.45, 2.75) is 57.3 Å². The van der Waals surface area contributed by atoms with Crippen molar-refractivity contribution in [2.75, 3.05) is 14.2 Å². The quantitative estimate of drug-likeness (QED) is 0.691. The molecular formula is C23H28N4O5. The first-order valence-corrected chi connectivity index (χ1v) is 10.8. The molecule has 0 spiro atoms. The number of ether oxygens (including phenoxy) is 2. The van der Waals surface area contributed by atoms with Crippen LogP contribution in [-0.2, 0) is 22.6 Å². The number of amides is 2. The molecule has 1 aliphatic carbocycles. The van der Waals surface area contributed by atoms with E-state index in [1.54, 1.807) is 18.6 Å². The lowest BCUT2D eigenvalue weighted by atomic mass is 9.93. The van der Waals surface area contributed by atoms with Crippen molar-refractivity contribution < 1.29 is 23.9 Å². The van der Waals surface area contributed by atoms with E-state index in [9.17, 15) is 14.4 Å². The minimum Gasteiger partial charge on any atom is -0.497 e. The van der Waals surface area contributed by atoms with Gasteiger partial charge in [-0.2, -0.15) is 0 Å². The number of hydrogen-bond donors (Lipinski definition) is 1. The average molecular weight is 441 g/mol. The van der Waals surface area contributed by atoms with Crippen LogP contribution < -0.4 is 10.1 Å². The second-order valence-electron chi connectivity index (χ2n) is 8.53. The summed E-state index contributed by atoms with van der Waals surface area (Å²) in [5.41, 5.74) is -0.272. The van der Waals surface area contributed by atoms with Crippen molar-refractivity contribution >= 4 is 17.8 Å². The molecule has 2 aromatic rings. The SMILES string of the molecule is COC(=O)c1ncn2c1C(=O)N(Cc1cccc(OC)c1)[C@@](C)(C(=O)NC1CCCC1)C2. The summed E-state index contributed by atoms with van der Waals surface area (Å²) in [6.45, 7) is 2.12. The Kier molecular flexibility index (Phi) is 5.90. The Labute approximate surface area is 186 Å². The number of methoxy groups -OCH3 is 2. The van der Waals surface area contributed by atoms with Gasteiger partial charge in [0.1, 0.15) is 17.0 Å². The number of fused-ring (bicyclic) bond motifs is 1. The van der Waals surface area contributed by atoms with Crippen LogP contribution in [0.15, 0.2) is 30.6 Å². The molecule has 1 saturated carbocycles. The number of aromatic nitrogens is 2. The Morgan fingerprint density at radius 3 is 2.69 bits per heavy atom. The van der Waals surface area contributed by atoms with Gasteiger partial charge in [-0.1, -0.05) is 25.0 Å². The Bertz CT molecular complexity index is 1040. The monoisotopic (exact) mass is 440 g/mol. The molecule has 4 rings (SSSR count). The predicted octanol–water partition coefficient (Wildman–Crippen LogP) is 2.15. The summed E-state index contributed by atoms with van der Waals surface area (Å²) in [4.78, 5) is 45.0. The van der Waals surface area contributed by atoms with E-state index >= 15 is 0 Å². The summed E-state index contributed by atoms with van der Waals surface area (Å²) in [6.07, 6.45) is 5.47. The minimum absolute atomic E-state index is 0.0496. The molecule has 0 saturated heterocycles. The van der Waals surface area contributed by atoms with Crippen LogP contribution in [0.3, 0.4) is 0 Å². The van der Waals surface area contributed by atoms with Crippen molar-refractivity contribution in [1.82, 2.24) is 19.8 Å². The Morgan fingerprint density at radius 2 is 2.00 bits per heavy atom. The van der Waals surface area contributed by atoms with Crippen LogP contribution >= 0.6 is 0 Å². The lowest BCUT2D eigenvalue weighted by Gasteiger charge is -2.44. The van der Waals surface area contributed by atoms with E-state index in [2.05, 4.69) is 10.3 Å². The number of esters is 1. The fourth-order valence-electron chi connectivity index (χ4n) is 4.55. The second-order valence-corrected chi connectivity index (χ2v) is 8.53. The van der Waals surface area contributed by atoms with Gasteiger partial charge in [-0.3, -0.25) is 9.59 Å². The van der Waals surface area contributed by atoms with E-state index in [-0.39, 0.29) is 36.4 Å². The first-order chi connectivity index (χ1) is 15.4. The van der Waals surface area contributed by atoms with Crippen LogP contribution in [-0.4, -0.2) is 58.0 Å². The number of carbonyl (C=O) groups is 3. The third-order valence-electron chi connectivity index (χ3n) is 6.39. The number of rotatable bonds is 6. The molecule has 0 bridgehead atoms. The van der Waals surface area contributed by atoms with Crippen molar-refractivity contribution in [3.63, 3.8) is 0 Å². The molecule has 2 heterocycles. The number of benzene rings is 1. The Balaban J connectivity index is 1.73. The van der Waals surface area contributed by atoms with E-state index in [0.29, 0.717) is 5.75 Å². The van der Waals surface area contributed by atoms with Gasteiger partial charge in [0.2, 0.25) is 5.91 Å². The van der Waals surface area contributed by atoms with E-state index in [1.165, 1.54) is 18.3 Å². The summed E-state index contributed by atoms with van der Waals surface area (Å²) in [7, 11) is 2.82. The predicted molar refractivity (Wildman–Crippen MR) is 115 cm³/mol. The highest BCUT2D eigenvalue weighted by molar-refractivity contribution is 6.06. The van der Waals surface area contributed by atoms with Gasteiger partial charge in [0, 0.05) is 12.6 Å². The van der Waals surface area contributed by atoms with Crippen molar-refractivity contribution in [1.29, 1.82) is 0 Å². The van der Waals surface area contributed by atoms with Crippen molar-refractivity contribution in [2.24, 2.45) is 0 Å². The molecule has 1 aromatic heterocycles. The third kappa shape index (κ3) is 3.83. The first-order valence-electron chi connectivity index (χ1n) is 10.8. The molecule has 1 aliphatic heterocycles. The second kappa shape index (κ2) is 8.64. The standard InChI is InChI=1S/C23H28N4O5/c1-23(22(30)25-16-8-4-5-9-16)13-26-14-24-18(21(29)32-3)19(26)20(28)27(23)12-15-7-6-10-17(11-15)31-2/h6-7,10-11,14,16H,4-5,8-9,12-13H2,1-3H3,(H,25,30)/t23-/m1/s1. The molecule has 0 unspecified atom stereocenters. The maximum atomic E-state index is 13.7. The summed E-state index contributed by atoms with van der Waals surface area (Å²) >= 11 is 0. The van der Waals surface area contributed by atoms with Crippen LogP contribution in [0.1, 0.15) is 59.1 Å². The molecule has 170 valence electrons. The highest BCUT2D eigenvalue weighted by atomic mass is 16.5. The molecule has 32 heavy (non-hydrogen) atoms. The van der Waals surface area contributed by atoms with Gasteiger partial charge in [-0.05, 0) is 37.5 Å². The molecule has 2 aliphatic rings. The van der Waals surface area contributed by atoms with Gasteiger partial charge in [-0.25, -0.2) is 9.78 Å². The van der Waals surface area contributed by atoms with Crippen LogP contribution in [0.25, 0.3) is 0 Å². The molecule has 2 amide bonds. The van der Waals surface area contributed by atoms with Gasteiger partial charge in [0.25, 0.3) is 5.91 Å². The van der Waals surface area contributed by atoms with Crippen LogP contribution in [0.2, 0.25) is 0 Å². The van der Waals surface area contributed by atoms with Gasteiger partial charge < -0.3 is 24.3 Å². The van der Waals surface area contributed by atoms with Gasteiger partial charge in [0.15, 0.2) is 5.69 Å². The highest BCUT2D eigenvalue weighted by Crippen LogP contribution is 2.32. The summed E-state index contributed by atoms with van der Waals surface area (Å²) in [6, 6.07) is 7.47. The molecule has 1 N–H and O–H groups in total. The fraction of sp³-hybridized carbons (Fsp3) is 0.478. The van der Waals surface area contributed by atoms with Crippen LogP contribution in [0.4, 0.5) is 0 Å². The average Bonchev–Trinajstić information content (AvgIpc) is 3.46. The molecule has 0 radical (unpaired) electrons. The molecular weight excluding hydrogens is 412 g/mol. The zero-order chi connectivity index (χ0) is 22.9. The zero-order valence-corrected chi connectivity index (χ0v) is 18.6. The topological polar surface area (TPSA) is 103 Å². The lowest BCUT2D eigenvalue weighted by molar-refractivity contribution is -0.134. The van der Waals surface area contributed by atoms with Crippen molar-refractivity contribution in [3.8, 4) is 5.75 Å². The lowest BCUT2D eigenvalue weighted by Crippen LogP contribution is -2.64. The first kappa shape index (κ1) is 21.9. The van der Waals surface area contributed by atoms with Gasteiger partial charge in [0.05, 0.1) is 27.1 Å². The number of hydrogen-bond acceptors (Lipinski definition) is 6. The summed E-state index contributed by atoms with van der Waals surface area (Å²) < 4.78 is 11.7. The summed E-state index contributed by atoms with van der Waals surface area (Å²) in [5.74, 6) is -0.683. The number of imidazole rings is 1. The molecule has 1 fully saturated rings. The van der Waals surface area contributed by atoms with Crippen molar-refractivity contribution in [3.05, 3.63) is 47.5 Å². The molecule has 1 aromatic carbocycles. The third-order valence-corrected chi connectivity index (χ3v) is 6.39. The normalized spacial score (nSPS) is 20.7. The maximum Gasteiger partial charge on any atom is 0.359 e.